The highest BCUT2D eigenvalue weighted by Gasteiger charge is 2.45. The number of carbonyl (C=O) groups is 5. The normalized spacial score (nSPS) is 19.9. The Bertz CT molecular complexity index is 2580. The second-order valence-electron chi connectivity index (χ2n) is 20.0. The van der Waals surface area contributed by atoms with Crippen molar-refractivity contribution in [2.75, 3.05) is 13.1 Å². The second-order valence-corrected chi connectivity index (χ2v) is 21.7. The summed E-state index contributed by atoms with van der Waals surface area (Å²) in [5, 5.41) is 30.3. The maximum atomic E-state index is 13.6. The van der Waals surface area contributed by atoms with Crippen LogP contribution in [0.5, 0.6) is 0 Å². The molecule has 2 aromatic carbocycles. The maximum Gasteiger partial charge on any atom is 0.246 e. The van der Waals surface area contributed by atoms with Crippen LogP contribution in [-0.4, -0.2) is 108 Å². The lowest BCUT2D eigenvalue weighted by atomic mass is 9.85. The summed E-state index contributed by atoms with van der Waals surface area (Å²) in [7, 11) is 0. The van der Waals surface area contributed by atoms with Gasteiger partial charge in [-0.25, -0.2) is 9.97 Å². The molecule has 4 N–H and O–H groups in total. The molecule has 0 bridgehead atoms. The van der Waals surface area contributed by atoms with E-state index in [0.29, 0.717) is 17.9 Å². The van der Waals surface area contributed by atoms with Gasteiger partial charge >= 0.3 is 0 Å². The highest BCUT2D eigenvalue weighted by molar-refractivity contribution is 7.13. The summed E-state index contributed by atoms with van der Waals surface area (Å²) in [6.45, 7) is 20.7. The summed E-state index contributed by atoms with van der Waals surface area (Å²) in [6, 6.07) is 15.5. The molecule has 2 fully saturated rings. The van der Waals surface area contributed by atoms with Crippen molar-refractivity contribution in [3.8, 4) is 20.9 Å². The minimum absolute atomic E-state index is 0.00776. The number of likely N-dealkylation sites (tertiary alicyclic amines) is 2. The van der Waals surface area contributed by atoms with Gasteiger partial charge in [0.05, 0.1) is 62.1 Å². The molecule has 0 spiro atoms. The van der Waals surface area contributed by atoms with E-state index < -0.39 is 41.7 Å². The van der Waals surface area contributed by atoms with E-state index in [2.05, 4.69) is 50.0 Å². The van der Waals surface area contributed by atoms with Crippen molar-refractivity contribution in [3.63, 3.8) is 0 Å². The molecule has 0 aliphatic carbocycles. The number of rotatable bonds is 14. The Kier molecular flexibility index (Phi) is 17.1. The molecule has 5 aromatic rings. The zero-order valence-electron chi connectivity index (χ0n) is 41.5. The summed E-state index contributed by atoms with van der Waals surface area (Å²) in [5.41, 5.74) is 10.00. The number of hydrogen-bond acceptors (Lipinski definition) is 13. The molecule has 3 aromatic heterocycles. The first kappa shape index (κ1) is 52.7. The van der Waals surface area contributed by atoms with E-state index in [1.54, 1.807) is 33.6 Å². The Labute approximate surface area is 413 Å². The number of ketones is 1. The molecule has 370 valence electrons. The van der Waals surface area contributed by atoms with Crippen molar-refractivity contribution >= 4 is 52.1 Å². The number of amides is 4. The van der Waals surface area contributed by atoms with Gasteiger partial charge in [0.1, 0.15) is 23.8 Å². The fraction of sp³-hybridized carbons (Fsp3) is 0.500. The van der Waals surface area contributed by atoms with Crippen molar-refractivity contribution in [1.29, 1.82) is 0 Å². The van der Waals surface area contributed by atoms with E-state index in [4.69, 9.17) is 4.52 Å². The van der Waals surface area contributed by atoms with E-state index >= 15 is 0 Å². The number of Topliss-reactive ketones (excluding diaryl/α,β-unsaturated/α-hetero) is 1. The smallest absolute Gasteiger partial charge is 0.246 e. The van der Waals surface area contributed by atoms with Crippen LogP contribution in [0.25, 0.3) is 20.9 Å². The van der Waals surface area contributed by atoms with Gasteiger partial charge in [-0.2, -0.15) is 0 Å². The molecule has 69 heavy (non-hydrogen) atoms. The van der Waals surface area contributed by atoms with E-state index in [1.165, 1.54) is 11.8 Å². The number of β-amino-alcohol motifs (C(OH)–C–C–N with tert-alkyl or cyclic N) is 2. The zero-order chi connectivity index (χ0) is 50.5. The van der Waals surface area contributed by atoms with Crippen LogP contribution >= 0.6 is 22.7 Å². The lowest BCUT2D eigenvalue weighted by Crippen LogP contribution is -2.57. The van der Waals surface area contributed by atoms with Gasteiger partial charge in [-0.15, -0.1) is 22.7 Å². The molecule has 7 rings (SSSR count). The predicted molar refractivity (Wildman–Crippen MR) is 267 cm³/mol. The van der Waals surface area contributed by atoms with Gasteiger partial charge in [-0.1, -0.05) is 95.2 Å². The SMILES string of the molecule is CC(=O)N[C@H](C(=O)N1C[C@H](O)C[C@H]1C(=O)N[C@@H](C)c1ccc(-c2scnc2C)cc1)C(C)(C)C.Cc1cc(C(C(=O)N2C[C@H](O)C[C@H]2C(=O)C[C@@H](C)c2ccc(-c3scnc3C)cc2)C(C)C)on1. The number of aliphatic hydroxyl groups excluding tert-OH is 2. The third-order valence-electron chi connectivity index (χ3n) is 12.9. The molecular formula is C52H67N7O8S2. The number of aromatic nitrogens is 3. The van der Waals surface area contributed by atoms with Crippen molar-refractivity contribution in [2.45, 2.75) is 144 Å². The van der Waals surface area contributed by atoms with Crippen LogP contribution < -0.4 is 10.6 Å². The first-order valence-electron chi connectivity index (χ1n) is 23.5. The Morgan fingerprint density at radius 1 is 0.754 bits per heavy atom. The van der Waals surface area contributed by atoms with Crippen LogP contribution in [0, 0.1) is 32.1 Å². The van der Waals surface area contributed by atoms with Crippen molar-refractivity contribution in [1.82, 2.24) is 35.6 Å². The Morgan fingerprint density at radius 2 is 1.26 bits per heavy atom. The van der Waals surface area contributed by atoms with E-state index in [-0.39, 0.29) is 73.2 Å². The third kappa shape index (κ3) is 12.8. The van der Waals surface area contributed by atoms with E-state index in [9.17, 15) is 34.2 Å². The van der Waals surface area contributed by atoms with Crippen LogP contribution in [0.3, 0.4) is 0 Å². The molecule has 2 saturated heterocycles. The fourth-order valence-corrected chi connectivity index (χ4v) is 10.7. The number of nitrogens with zero attached hydrogens (tertiary/aromatic N) is 5. The second kappa shape index (κ2) is 22.4. The first-order chi connectivity index (χ1) is 32.5. The minimum Gasteiger partial charge on any atom is -0.391 e. The molecule has 2 aliphatic rings. The molecule has 15 nitrogen and oxygen atoms in total. The summed E-state index contributed by atoms with van der Waals surface area (Å²) < 4.78 is 5.41. The van der Waals surface area contributed by atoms with E-state index in [0.717, 1.165) is 43.4 Å². The van der Waals surface area contributed by atoms with Gasteiger partial charge in [-0.3, -0.25) is 24.0 Å². The van der Waals surface area contributed by atoms with Gasteiger partial charge in [0, 0.05) is 45.3 Å². The monoisotopic (exact) mass is 981 g/mol. The number of nitrogens with one attached hydrogen (secondary N) is 2. The van der Waals surface area contributed by atoms with Crippen molar-refractivity contribution < 1.29 is 38.7 Å². The van der Waals surface area contributed by atoms with Gasteiger partial charge in [0.2, 0.25) is 23.6 Å². The topological polar surface area (TPSA) is 208 Å². The van der Waals surface area contributed by atoms with Crippen LogP contribution in [0.4, 0.5) is 0 Å². The number of aliphatic hydroxyl groups is 2. The van der Waals surface area contributed by atoms with Gasteiger partial charge in [0.15, 0.2) is 5.78 Å². The highest BCUT2D eigenvalue weighted by Crippen LogP contribution is 2.35. The molecule has 5 heterocycles. The number of benzene rings is 2. The van der Waals surface area contributed by atoms with Gasteiger partial charge in [0.25, 0.3) is 0 Å². The van der Waals surface area contributed by atoms with Crippen LogP contribution in [0.15, 0.2) is 70.1 Å². The van der Waals surface area contributed by atoms with E-state index in [1.807, 2.05) is 105 Å². The zero-order valence-corrected chi connectivity index (χ0v) is 43.1. The average molecular weight is 982 g/mol. The number of carbonyl (C=O) groups excluding carboxylic acids is 5. The molecule has 4 amide bonds. The molecule has 1 unspecified atom stereocenters. The number of thiazole rings is 2. The Balaban J connectivity index is 0.000000227. The van der Waals surface area contributed by atoms with Gasteiger partial charge in [-0.05, 0) is 67.2 Å². The highest BCUT2D eigenvalue weighted by atomic mass is 32.1. The molecule has 0 saturated carbocycles. The van der Waals surface area contributed by atoms with Crippen LogP contribution in [0.2, 0.25) is 0 Å². The summed E-state index contributed by atoms with van der Waals surface area (Å²) in [5.74, 6) is -1.32. The van der Waals surface area contributed by atoms with Crippen molar-refractivity contribution in [2.24, 2.45) is 11.3 Å². The largest absolute Gasteiger partial charge is 0.391 e. The number of hydrogen-bond donors (Lipinski definition) is 4. The lowest BCUT2D eigenvalue weighted by molar-refractivity contribution is -0.144. The molecule has 0 radical (unpaired) electrons. The summed E-state index contributed by atoms with van der Waals surface area (Å²) in [4.78, 5) is 79.0. The average Bonchev–Trinajstić information content (AvgIpc) is 4.15. The van der Waals surface area contributed by atoms with Crippen molar-refractivity contribution in [3.05, 3.63) is 99.6 Å². The fourth-order valence-electron chi connectivity index (χ4n) is 9.12. The summed E-state index contributed by atoms with van der Waals surface area (Å²) in [6.07, 6.45) is -0.788. The number of aryl methyl sites for hydroxylation is 3. The van der Waals surface area contributed by atoms with Crippen LogP contribution in [-0.2, 0) is 24.0 Å². The molecule has 2 aliphatic heterocycles. The van der Waals surface area contributed by atoms with Gasteiger partial charge < -0.3 is 35.2 Å². The first-order valence-corrected chi connectivity index (χ1v) is 25.3. The lowest BCUT2D eigenvalue weighted by Gasteiger charge is -2.35. The third-order valence-corrected chi connectivity index (χ3v) is 14.9. The van der Waals surface area contributed by atoms with Crippen LogP contribution in [0.1, 0.15) is 126 Å². The molecule has 17 heteroatoms. The minimum atomic E-state index is -0.803. The quantitative estimate of drug-likeness (QED) is 0.0848. The Morgan fingerprint density at radius 3 is 1.71 bits per heavy atom. The molecule has 8 atom stereocenters. The predicted octanol–water partition coefficient (Wildman–Crippen LogP) is 7.69. The molecular weight excluding hydrogens is 915 g/mol. The Hall–Kier alpha value is -5.62. The standard InChI is InChI=1S/C27H33N3O4S.C25H34N4O4S/c1-15(2)25(24-11-17(4)29-34-24)27(33)30-13-21(31)12-22(30)23(32)10-16(3)19-6-8-20(9-7-19)26-18(5)28-14-35-26;1-14(17-7-9-18(10-8-17)21-15(2)26-13-34-21)27-23(32)20-11-19(31)12-29(20)24(33)22(25(4,5)6)28-16(3)30/h6-9,11,14-16,21-22,25,31H,10,12-13H2,1-5H3;7-10,13-14,19-20,22,31H,11-12H2,1-6H3,(H,27,32)(H,28,30)/t16-,21-,22+,25?;14-,19+,20-,22+/m10/s1. The summed E-state index contributed by atoms with van der Waals surface area (Å²) >= 11 is 3.20. The maximum absolute atomic E-state index is 13.6.